The number of hydrogen-bond donors (Lipinski definition) is 1. The van der Waals surface area contributed by atoms with Gasteiger partial charge in [0.05, 0.1) is 11.5 Å². The van der Waals surface area contributed by atoms with Crippen LogP contribution in [-0.2, 0) is 9.84 Å². The van der Waals surface area contributed by atoms with Crippen molar-refractivity contribution in [3.05, 3.63) is 12.2 Å². The Kier molecular flexibility index (Phi) is 5.62. The van der Waals surface area contributed by atoms with Gasteiger partial charge in [0.25, 0.3) is 0 Å². The van der Waals surface area contributed by atoms with E-state index in [1.54, 1.807) is 0 Å². The summed E-state index contributed by atoms with van der Waals surface area (Å²) in [4.78, 5) is 2.21. The van der Waals surface area contributed by atoms with E-state index in [0.717, 1.165) is 31.6 Å². The zero-order valence-electron chi connectivity index (χ0n) is 10.9. The third-order valence-electron chi connectivity index (χ3n) is 3.04. The normalized spacial score (nSPS) is 24.7. The lowest BCUT2D eigenvalue weighted by Crippen LogP contribution is -2.47. The van der Waals surface area contributed by atoms with Crippen LogP contribution in [0.4, 0.5) is 0 Å². The van der Waals surface area contributed by atoms with E-state index in [1.807, 2.05) is 6.92 Å². The van der Waals surface area contributed by atoms with Crippen LogP contribution in [0.1, 0.15) is 20.3 Å². The summed E-state index contributed by atoms with van der Waals surface area (Å²) in [5.74, 6) is 0.565. The Bertz CT molecular complexity index is 352. The zero-order valence-corrected chi connectivity index (χ0v) is 11.7. The molecule has 0 aromatic carbocycles. The highest BCUT2D eigenvalue weighted by Crippen LogP contribution is 2.12. The summed E-state index contributed by atoms with van der Waals surface area (Å²) in [6.45, 7) is 11.4. The molecule has 1 saturated heterocycles. The Balaban J connectivity index is 2.34. The molecule has 1 rings (SSSR count). The van der Waals surface area contributed by atoms with Gasteiger partial charge >= 0.3 is 0 Å². The van der Waals surface area contributed by atoms with Crippen molar-refractivity contribution < 1.29 is 8.42 Å². The number of rotatable bonds is 6. The SMILES string of the molecule is C=C(CNCCC)CN1CCS(=O)(=O)CC1C. The average molecular weight is 260 g/mol. The van der Waals surface area contributed by atoms with E-state index in [-0.39, 0.29) is 17.5 Å². The van der Waals surface area contributed by atoms with Crippen molar-refractivity contribution in [1.82, 2.24) is 10.2 Å². The quantitative estimate of drug-likeness (QED) is 0.563. The third-order valence-corrected chi connectivity index (χ3v) is 4.83. The van der Waals surface area contributed by atoms with Crippen LogP contribution < -0.4 is 5.32 Å². The first-order valence-electron chi connectivity index (χ1n) is 6.26. The van der Waals surface area contributed by atoms with E-state index in [1.165, 1.54) is 0 Å². The Morgan fingerprint density at radius 1 is 1.53 bits per heavy atom. The molecule has 1 fully saturated rings. The molecule has 5 heteroatoms. The van der Waals surface area contributed by atoms with Gasteiger partial charge in [-0.05, 0) is 25.5 Å². The van der Waals surface area contributed by atoms with Gasteiger partial charge in [0, 0.05) is 25.7 Å². The van der Waals surface area contributed by atoms with Crippen molar-refractivity contribution in [3.63, 3.8) is 0 Å². The summed E-state index contributed by atoms with van der Waals surface area (Å²) in [6.07, 6.45) is 1.12. The van der Waals surface area contributed by atoms with Gasteiger partial charge in [-0.25, -0.2) is 8.42 Å². The summed E-state index contributed by atoms with van der Waals surface area (Å²) in [5, 5.41) is 3.31. The van der Waals surface area contributed by atoms with Crippen molar-refractivity contribution in [1.29, 1.82) is 0 Å². The highest BCUT2D eigenvalue weighted by atomic mass is 32.2. The predicted molar refractivity (Wildman–Crippen MR) is 72.0 cm³/mol. The lowest BCUT2D eigenvalue weighted by molar-refractivity contribution is 0.244. The number of nitrogens with zero attached hydrogens (tertiary/aromatic N) is 1. The maximum atomic E-state index is 11.4. The Labute approximate surface area is 105 Å². The standard InChI is InChI=1S/C12H24N2O2S/c1-4-5-13-8-11(2)9-14-6-7-17(15,16)10-12(14)3/h12-13H,2,4-10H2,1,3H3. The fraction of sp³-hybridized carbons (Fsp3) is 0.833. The molecule has 0 bridgehead atoms. The Hall–Kier alpha value is -0.390. The molecule has 1 aliphatic rings. The van der Waals surface area contributed by atoms with E-state index in [9.17, 15) is 8.42 Å². The van der Waals surface area contributed by atoms with E-state index in [2.05, 4.69) is 23.7 Å². The fourth-order valence-corrected chi connectivity index (χ4v) is 3.68. The van der Waals surface area contributed by atoms with Crippen LogP contribution in [0.5, 0.6) is 0 Å². The fourth-order valence-electron chi connectivity index (χ4n) is 2.05. The smallest absolute Gasteiger partial charge is 0.153 e. The van der Waals surface area contributed by atoms with Crippen LogP contribution in [0.25, 0.3) is 0 Å². The first-order chi connectivity index (χ1) is 7.94. The minimum absolute atomic E-state index is 0.108. The van der Waals surface area contributed by atoms with Gasteiger partial charge in [0.15, 0.2) is 9.84 Å². The third kappa shape index (κ3) is 5.19. The van der Waals surface area contributed by atoms with E-state index < -0.39 is 9.84 Å². The van der Waals surface area contributed by atoms with Crippen LogP contribution in [0.2, 0.25) is 0 Å². The number of nitrogens with one attached hydrogen (secondary N) is 1. The molecule has 0 amide bonds. The van der Waals surface area contributed by atoms with E-state index in [4.69, 9.17) is 0 Å². The number of sulfone groups is 1. The predicted octanol–water partition coefficient (Wildman–Crippen LogP) is 0.661. The first-order valence-corrected chi connectivity index (χ1v) is 8.08. The van der Waals surface area contributed by atoms with Crippen molar-refractivity contribution in [2.45, 2.75) is 26.3 Å². The molecule has 17 heavy (non-hydrogen) atoms. The molecule has 1 unspecified atom stereocenters. The molecule has 0 aliphatic carbocycles. The van der Waals surface area contributed by atoms with Gasteiger partial charge < -0.3 is 5.32 Å². The first kappa shape index (κ1) is 14.7. The second-order valence-electron chi connectivity index (χ2n) is 4.86. The second kappa shape index (κ2) is 6.52. The van der Waals surface area contributed by atoms with Crippen molar-refractivity contribution in [2.75, 3.05) is 37.7 Å². The minimum Gasteiger partial charge on any atom is -0.313 e. The van der Waals surface area contributed by atoms with E-state index in [0.29, 0.717) is 6.54 Å². The molecular formula is C12H24N2O2S. The van der Waals surface area contributed by atoms with Gasteiger partial charge in [-0.3, -0.25) is 4.90 Å². The summed E-state index contributed by atoms with van der Waals surface area (Å²) in [5.41, 5.74) is 1.13. The molecule has 1 aliphatic heterocycles. The summed E-state index contributed by atoms with van der Waals surface area (Å²) >= 11 is 0. The Morgan fingerprint density at radius 3 is 2.82 bits per heavy atom. The van der Waals surface area contributed by atoms with Crippen LogP contribution in [0.15, 0.2) is 12.2 Å². The molecule has 0 spiro atoms. The lowest BCUT2D eigenvalue weighted by Gasteiger charge is -2.33. The van der Waals surface area contributed by atoms with Gasteiger partial charge in [-0.2, -0.15) is 0 Å². The van der Waals surface area contributed by atoms with Crippen molar-refractivity contribution >= 4 is 9.84 Å². The van der Waals surface area contributed by atoms with Gasteiger partial charge in [-0.1, -0.05) is 13.5 Å². The molecule has 1 atom stereocenters. The monoisotopic (exact) mass is 260 g/mol. The molecule has 1 N–H and O–H groups in total. The van der Waals surface area contributed by atoms with Gasteiger partial charge in [-0.15, -0.1) is 0 Å². The van der Waals surface area contributed by atoms with Crippen LogP contribution in [0.3, 0.4) is 0 Å². The zero-order chi connectivity index (χ0) is 12.9. The summed E-state index contributed by atoms with van der Waals surface area (Å²) in [6, 6.07) is 0.108. The molecule has 1 heterocycles. The number of hydrogen-bond acceptors (Lipinski definition) is 4. The highest BCUT2D eigenvalue weighted by molar-refractivity contribution is 7.91. The molecular weight excluding hydrogens is 236 g/mol. The van der Waals surface area contributed by atoms with Crippen LogP contribution in [-0.4, -0.2) is 57.0 Å². The minimum atomic E-state index is -2.81. The highest BCUT2D eigenvalue weighted by Gasteiger charge is 2.27. The van der Waals surface area contributed by atoms with Crippen LogP contribution in [0, 0.1) is 0 Å². The molecule has 0 saturated carbocycles. The lowest BCUT2D eigenvalue weighted by atomic mass is 10.2. The van der Waals surface area contributed by atoms with Crippen LogP contribution >= 0.6 is 0 Å². The second-order valence-corrected chi connectivity index (χ2v) is 7.09. The Morgan fingerprint density at radius 2 is 2.24 bits per heavy atom. The molecule has 100 valence electrons. The van der Waals surface area contributed by atoms with Gasteiger partial charge in [0.2, 0.25) is 0 Å². The summed E-state index contributed by atoms with van der Waals surface area (Å²) < 4.78 is 22.9. The van der Waals surface area contributed by atoms with Crippen molar-refractivity contribution in [2.24, 2.45) is 0 Å². The average Bonchev–Trinajstić information content (AvgIpc) is 2.22. The summed E-state index contributed by atoms with van der Waals surface area (Å²) in [7, 11) is -2.81. The van der Waals surface area contributed by atoms with E-state index >= 15 is 0 Å². The maximum Gasteiger partial charge on any atom is 0.153 e. The maximum absolute atomic E-state index is 11.4. The molecule has 4 nitrogen and oxygen atoms in total. The molecule has 0 aromatic rings. The molecule has 0 aromatic heterocycles. The van der Waals surface area contributed by atoms with Gasteiger partial charge in [0.1, 0.15) is 0 Å². The largest absolute Gasteiger partial charge is 0.313 e. The van der Waals surface area contributed by atoms with Crippen molar-refractivity contribution in [3.8, 4) is 0 Å². The topological polar surface area (TPSA) is 49.4 Å². The molecule has 0 radical (unpaired) electrons.